The zero-order valence-corrected chi connectivity index (χ0v) is 12.5. The Morgan fingerprint density at radius 2 is 2.05 bits per heavy atom. The molecule has 0 aliphatic carbocycles. The van der Waals surface area contributed by atoms with Gasteiger partial charge in [-0.3, -0.25) is 4.68 Å². The molecule has 6 heteroatoms. The van der Waals surface area contributed by atoms with Crippen LogP contribution >= 0.6 is 0 Å². The quantitative estimate of drug-likeness (QED) is 0.912. The van der Waals surface area contributed by atoms with Crippen LogP contribution in [0.4, 0.5) is 11.8 Å². The van der Waals surface area contributed by atoms with Gasteiger partial charge in [-0.05, 0) is 32.3 Å². The Labute approximate surface area is 125 Å². The third-order valence-electron chi connectivity index (χ3n) is 3.69. The van der Waals surface area contributed by atoms with Crippen LogP contribution in [0.15, 0.2) is 24.5 Å². The Kier molecular flexibility index (Phi) is 4.33. The largest absolute Gasteiger partial charge is 0.368 e. The van der Waals surface area contributed by atoms with Gasteiger partial charge in [0.15, 0.2) is 0 Å². The van der Waals surface area contributed by atoms with Crippen LogP contribution in [0.5, 0.6) is 0 Å². The van der Waals surface area contributed by atoms with Gasteiger partial charge in [-0.2, -0.15) is 10.1 Å². The first-order chi connectivity index (χ1) is 10.3. The maximum atomic E-state index is 4.65. The molecule has 1 aliphatic heterocycles. The molecule has 2 aromatic heterocycles. The molecule has 1 aliphatic rings. The van der Waals surface area contributed by atoms with E-state index in [1.54, 1.807) is 6.20 Å². The summed E-state index contributed by atoms with van der Waals surface area (Å²) < 4.78 is 1.91. The molecule has 2 aromatic rings. The Morgan fingerprint density at radius 1 is 1.19 bits per heavy atom. The van der Waals surface area contributed by atoms with E-state index in [0.717, 1.165) is 43.6 Å². The topological polar surface area (TPSA) is 58.9 Å². The molecule has 3 heterocycles. The van der Waals surface area contributed by atoms with Crippen LogP contribution in [0.3, 0.4) is 0 Å². The first-order valence-electron chi connectivity index (χ1n) is 7.63. The van der Waals surface area contributed by atoms with E-state index in [9.17, 15) is 0 Å². The van der Waals surface area contributed by atoms with Crippen LogP contribution in [-0.4, -0.2) is 39.4 Å². The molecular formula is C15H22N6. The number of aryl methyl sites for hydroxylation is 1. The van der Waals surface area contributed by atoms with Crippen molar-refractivity contribution in [2.24, 2.45) is 0 Å². The van der Waals surface area contributed by atoms with E-state index in [0.29, 0.717) is 0 Å². The third kappa shape index (κ3) is 3.71. The van der Waals surface area contributed by atoms with Gasteiger partial charge in [0, 0.05) is 43.8 Å². The van der Waals surface area contributed by atoms with Gasteiger partial charge in [-0.15, -0.1) is 0 Å². The molecule has 0 radical (unpaired) electrons. The molecule has 0 saturated carbocycles. The molecule has 6 nitrogen and oxygen atoms in total. The first-order valence-corrected chi connectivity index (χ1v) is 7.63. The minimum atomic E-state index is 0.803. The van der Waals surface area contributed by atoms with Crippen molar-refractivity contribution in [1.82, 2.24) is 19.7 Å². The van der Waals surface area contributed by atoms with Gasteiger partial charge in [0.25, 0.3) is 0 Å². The Bertz CT molecular complexity index is 560. The number of piperidine rings is 1. The number of anilines is 2. The molecule has 0 aromatic carbocycles. The first kappa shape index (κ1) is 13.9. The highest BCUT2D eigenvalue weighted by Gasteiger charge is 2.14. The van der Waals surface area contributed by atoms with Gasteiger partial charge in [-0.1, -0.05) is 0 Å². The summed E-state index contributed by atoms with van der Waals surface area (Å²) in [5.41, 5.74) is 1.01. The second-order valence-corrected chi connectivity index (χ2v) is 5.44. The van der Waals surface area contributed by atoms with Crippen LogP contribution in [0.1, 0.15) is 25.0 Å². The molecule has 112 valence electrons. The average Bonchev–Trinajstić information content (AvgIpc) is 3.01. The Morgan fingerprint density at radius 3 is 2.81 bits per heavy atom. The van der Waals surface area contributed by atoms with Crippen molar-refractivity contribution in [3.05, 3.63) is 30.2 Å². The maximum Gasteiger partial charge on any atom is 0.227 e. The zero-order valence-electron chi connectivity index (χ0n) is 12.5. The number of nitrogens with one attached hydrogen (secondary N) is 1. The predicted molar refractivity (Wildman–Crippen MR) is 83.5 cm³/mol. The van der Waals surface area contributed by atoms with E-state index in [-0.39, 0.29) is 0 Å². The fraction of sp³-hybridized carbons (Fsp3) is 0.533. The normalized spacial score (nSPS) is 15.2. The van der Waals surface area contributed by atoms with Crippen molar-refractivity contribution in [2.75, 3.05) is 29.9 Å². The van der Waals surface area contributed by atoms with Crippen molar-refractivity contribution in [1.29, 1.82) is 0 Å². The van der Waals surface area contributed by atoms with Gasteiger partial charge >= 0.3 is 0 Å². The standard InChI is InChI=1S/C15H22N6/c1-13-12-14(16-7-11-21-10-5-6-17-21)19-15(18-13)20-8-3-2-4-9-20/h5-6,10,12H,2-4,7-9,11H2,1H3,(H,16,18,19). The Balaban J connectivity index is 1.63. The SMILES string of the molecule is Cc1cc(NCCn2cccn2)nc(N2CCCCC2)n1. The lowest BCUT2D eigenvalue weighted by Gasteiger charge is -2.27. The molecule has 1 fully saturated rings. The molecule has 0 atom stereocenters. The summed E-state index contributed by atoms with van der Waals surface area (Å²) in [6.45, 7) is 5.78. The summed E-state index contributed by atoms with van der Waals surface area (Å²) in [6, 6.07) is 3.93. The van der Waals surface area contributed by atoms with E-state index in [1.807, 2.05) is 29.9 Å². The highest BCUT2D eigenvalue weighted by Crippen LogP contribution is 2.18. The lowest BCUT2D eigenvalue weighted by atomic mass is 10.1. The number of nitrogens with zero attached hydrogens (tertiary/aromatic N) is 5. The summed E-state index contributed by atoms with van der Waals surface area (Å²) >= 11 is 0. The second-order valence-electron chi connectivity index (χ2n) is 5.44. The Hall–Kier alpha value is -2.11. The maximum absolute atomic E-state index is 4.65. The minimum Gasteiger partial charge on any atom is -0.368 e. The van der Waals surface area contributed by atoms with Gasteiger partial charge in [0.05, 0.1) is 6.54 Å². The summed E-state index contributed by atoms with van der Waals surface area (Å²) in [5.74, 6) is 1.76. The highest BCUT2D eigenvalue weighted by molar-refractivity contribution is 5.43. The van der Waals surface area contributed by atoms with E-state index in [2.05, 4.69) is 25.3 Å². The third-order valence-corrected chi connectivity index (χ3v) is 3.69. The van der Waals surface area contributed by atoms with Crippen LogP contribution in [0.25, 0.3) is 0 Å². The monoisotopic (exact) mass is 286 g/mol. The predicted octanol–water partition coefficient (Wildman–Crippen LogP) is 2.08. The molecule has 1 N–H and O–H groups in total. The van der Waals surface area contributed by atoms with E-state index < -0.39 is 0 Å². The summed E-state index contributed by atoms with van der Waals surface area (Å²) in [4.78, 5) is 11.5. The molecule has 0 unspecified atom stereocenters. The van der Waals surface area contributed by atoms with Crippen LogP contribution in [0, 0.1) is 6.92 Å². The second kappa shape index (κ2) is 6.56. The number of hydrogen-bond acceptors (Lipinski definition) is 5. The summed E-state index contributed by atoms with van der Waals surface area (Å²) in [6.07, 6.45) is 7.55. The van der Waals surface area contributed by atoms with Gasteiger partial charge in [0.2, 0.25) is 5.95 Å². The molecule has 3 rings (SSSR count). The van der Waals surface area contributed by atoms with E-state index >= 15 is 0 Å². The summed E-state index contributed by atoms with van der Waals surface area (Å²) in [7, 11) is 0. The lowest BCUT2D eigenvalue weighted by Crippen LogP contribution is -2.31. The lowest BCUT2D eigenvalue weighted by molar-refractivity contribution is 0.567. The minimum absolute atomic E-state index is 0.803. The van der Waals surface area contributed by atoms with E-state index in [4.69, 9.17) is 0 Å². The van der Waals surface area contributed by atoms with Crippen molar-refractivity contribution < 1.29 is 0 Å². The smallest absolute Gasteiger partial charge is 0.227 e. The van der Waals surface area contributed by atoms with Gasteiger partial charge < -0.3 is 10.2 Å². The van der Waals surface area contributed by atoms with Crippen molar-refractivity contribution in [3.8, 4) is 0 Å². The molecule has 21 heavy (non-hydrogen) atoms. The molecular weight excluding hydrogens is 264 g/mol. The van der Waals surface area contributed by atoms with Crippen molar-refractivity contribution in [3.63, 3.8) is 0 Å². The average molecular weight is 286 g/mol. The fourth-order valence-electron chi connectivity index (χ4n) is 2.61. The number of hydrogen-bond donors (Lipinski definition) is 1. The highest BCUT2D eigenvalue weighted by atomic mass is 15.3. The molecule has 0 bridgehead atoms. The van der Waals surface area contributed by atoms with Gasteiger partial charge in [0.1, 0.15) is 5.82 Å². The van der Waals surface area contributed by atoms with Crippen LogP contribution in [0.2, 0.25) is 0 Å². The van der Waals surface area contributed by atoms with Crippen molar-refractivity contribution >= 4 is 11.8 Å². The van der Waals surface area contributed by atoms with Crippen LogP contribution in [-0.2, 0) is 6.54 Å². The van der Waals surface area contributed by atoms with Gasteiger partial charge in [-0.25, -0.2) is 4.98 Å². The summed E-state index contributed by atoms with van der Waals surface area (Å²) in [5, 5.41) is 7.56. The number of aromatic nitrogens is 4. The molecule has 0 spiro atoms. The molecule has 1 saturated heterocycles. The van der Waals surface area contributed by atoms with Crippen molar-refractivity contribution in [2.45, 2.75) is 32.7 Å². The zero-order chi connectivity index (χ0) is 14.5. The van der Waals surface area contributed by atoms with E-state index in [1.165, 1.54) is 19.3 Å². The fourth-order valence-corrected chi connectivity index (χ4v) is 2.61. The molecule has 0 amide bonds. The van der Waals surface area contributed by atoms with Crippen LogP contribution < -0.4 is 10.2 Å². The number of rotatable bonds is 5.